The molecule has 2 rings (SSSR count). The predicted octanol–water partition coefficient (Wildman–Crippen LogP) is 3.69. The zero-order valence-corrected chi connectivity index (χ0v) is 13.8. The van der Waals surface area contributed by atoms with Gasteiger partial charge in [-0.25, -0.2) is 13.4 Å². The van der Waals surface area contributed by atoms with Gasteiger partial charge in [-0.2, -0.15) is 13.2 Å². The van der Waals surface area contributed by atoms with E-state index in [-0.39, 0.29) is 11.1 Å². The van der Waals surface area contributed by atoms with Crippen LogP contribution < -0.4 is 0 Å². The van der Waals surface area contributed by atoms with Gasteiger partial charge in [0.05, 0.1) is 10.6 Å². The molecule has 0 amide bonds. The van der Waals surface area contributed by atoms with Gasteiger partial charge in [-0.1, -0.05) is 20.8 Å². The van der Waals surface area contributed by atoms with E-state index in [0.717, 1.165) is 12.1 Å². The monoisotopic (exact) mass is 384 g/mol. The van der Waals surface area contributed by atoms with Crippen LogP contribution >= 0.6 is 15.9 Å². The van der Waals surface area contributed by atoms with Crippen molar-refractivity contribution in [2.75, 3.05) is 0 Å². The normalized spacial score (nSPS) is 13.9. The van der Waals surface area contributed by atoms with E-state index in [0.29, 0.717) is 10.3 Å². The summed E-state index contributed by atoms with van der Waals surface area (Å²) in [4.78, 5) is 3.41. The first-order valence-electron chi connectivity index (χ1n) is 5.85. The minimum Gasteiger partial charge on any atom is -0.294 e. The van der Waals surface area contributed by atoms with E-state index in [2.05, 4.69) is 20.9 Å². The molecule has 2 aromatic rings. The lowest BCUT2D eigenvalue weighted by Gasteiger charge is -2.15. The molecule has 0 radical (unpaired) electrons. The molecule has 116 valence electrons. The Morgan fingerprint density at radius 2 is 1.81 bits per heavy atom. The average molecular weight is 385 g/mol. The number of hydrogen-bond acceptors (Lipinski definition) is 3. The lowest BCUT2D eigenvalue weighted by atomic mass is 9.93. The number of pyridine rings is 1. The number of imidazole rings is 1. The Morgan fingerprint density at radius 1 is 1.24 bits per heavy atom. The highest BCUT2D eigenvalue weighted by Gasteiger charge is 2.47. The molecular formula is C12H12BrF3N2O2S. The van der Waals surface area contributed by atoms with Crippen LogP contribution in [0.25, 0.3) is 5.65 Å². The Bertz CT molecular complexity index is 804. The summed E-state index contributed by atoms with van der Waals surface area (Å²) in [6.45, 7) is 5.69. The summed E-state index contributed by atoms with van der Waals surface area (Å²) in [6, 6.07) is 1.83. The molecule has 0 fully saturated rings. The summed E-state index contributed by atoms with van der Waals surface area (Å²) in [5.41, 5.74) is -4.91. The zero-order valence-electron chi connectivity index (χ0n) is 11.4. The van der Waals surface area contributed by atoms with Crippen molar-refractivity contribution >= 4 is 31.4 Å². The van der Waals surface area contributed by atoms with Gasteiger partial charge in [-0.15, -0.1) is 0 Å². The van der Waals surface area contributed by atoms with E-state index in [4.69, 9.17) is 0 Å². The predicted molar refractivity (Wildman–Crippen MR) is 74.8 cm³/mol. The van der Waals surface area contributed by atoms with Crippen molar-refractivity contribution in [3.8, 4) is 0 Å². The SMILES string of the molecule is CC(C)(C)c1nc2cc(S(=O)(=O)C(F)(F)F)ccn2c1Br. The molecule has 0 atom stereocenters. The van der Waals surface area contributed by atoms with Gasteiger partial charge in [0.15, 0.2) is 0 Å². The van der Waals surface area contributed by atoms with Crippen molar-refractivity contribution in [2.45, 2.75) is 36.6 Å². The van der Waals surface area contributed by atoms with Gasteiger partial charge in [-0.3, -0.25) is 4.40 Å². The minimum atomic E-state index is -5.38. The van der Waals surface area contributed by atoms with E-state index in [1.165, 1.54) is 10.6 Å². The quantitative estimate of drug-likeness (QED) is 0.753. The fourth-order valence-electron chi connectivity index (χ4n) is 1.77. The van der Waals surface area contributed by atoms with Crippen LogP contribution in [-0.4, -0.2) is 23.3 Å². The average Bonchev–Trinajstić information content (AvgIpc) is 2.64. The van der Waals surface area contributed by atoms with Crippen LogP contribution in [0.15, 0.2) is 27.8 Å². The van der Waals surface area contributed by atoms with Gasteiger partial charge < -0.3 is 0 Å². The fraction of sp³-hybridized carbons (Fsp3) is 0.417. The Morgan fingerprint density at radius 3 is 2.29 bits per heavy atom. The highest BCUT2D eigenvalue weighted by molar-refractivity contribution is 9.10. The highest BCUT2D eigenvalue weighted by atomic mass is 79.9. The maximum atomic E-state index is 12.6. The number of hydrogen-bond donors (Lipinski definition) is 0. The molecule has 0 aliphatic heterocycles. The minimum absolute atomic E-state index is 0.136. The van der Waals surface area contributed by atoms with E-state index >= 15 is 0 Å². The van der Waals surface area contributed by atoms with E-state index in [1.807, 2.05) is 20.8 Å². The summed E-state index contributed by atoms with van der Waals surface area (Å²) in [5, 5.41) is 0. The third-order valence-corrected chi connectivity index (χ3v) is 5.11. The summed E-state index contributed by atoms with van der Waals surface area (Å²) in [7, 11) is -5.38. The number of aromatic nitrogens is 2. The van der Waals surface area contributed by atoms with Crippen LogP contribution in [0, 0.1) is 0 Å². The Labute approximate surface area is 128 Å². The van der Waals surface area contributed by atoms with Crippen molar-refractivity contribution in [3.63, 3.8) is 0 Å². The van der Waals surface area contributed by atoms with Crippen molar-refractivity contribution in [1.29, 1.82) is 0 Å². The summed E-state index contributed by atoms with van der Waals surface area (Å²) >= 11 is 3.33. The van der Waals surface area contributed by atoms with Gasteiger partial charge in [0, 0.05) is 17.7 Å². The van der Waals surface area contributed by atoms with Crippen LogP contribution in [0.3, 0.4) is 0 Å². The summed E-state index contributed by atoms with van der Waals surface area (Å²) in [6.07, 6.45) is 1.25. The molecule has 0 bridgehead atoms. The van der Waals surface area contributed by atoms with Crippen LogP contribution in [0.1, 0.15) is 26.5 Å². The zero-order chi connectivity index (χ0) is 16.2. The van der Waals surface area contributed by atoms with Crippen molar-refractivity contribution in [1.82, 2.24) is 9.38 Å². The second-order valence-corrected chi connectivity index (χ2v) is 8.23. The van der Waals surface area contributed by atoms with Crippen molar-refractivity contribution in [2.24, 2.45) is 0 Å². The molecular weight excluding hydrogens is 373 g/mol. The Kier molecular flexibility index (Phi) is 3.65. The first-order valence-corrected chi connectivity index (χ1v) is 8.13. The van der Waals surface area contributed by atoms with Crippen LogP contribution in [0.5, 0.6) is 0 Å². The lowest BCUT2D eigenvalue weighted by Crippen LogP contribution is -2.23. The van der Waals surface area contributed by atoms with Crippen molar-refractivity contribution in [3.05, 3.63) is 28.6 Å². The highest BCUT2D eigenvalue weighted by Crippen LogP contribution is 2.33. The van der Waals surface area contributed by atoms with Gasteiger partial charge in [0.25, 0.3) is 9.84 Å². The third kappa shape index (κ3) is 2.68. The smallest absolute Gasteiger partial charge is 0.294 e. The van der Waals surface area contributed by atoms with Gasteiger partial charge in [-0.05, 0) is 22.0 Å². The third-order valence-electron chi connectivity index (χ3n) is 2.86. The number of rotatable bonds is 1. The largest absolute Gasteiger partial charge is 0.501 e. The van der Waals surface area contributed by atoms with Crippen LogP contribution in [0.2, 0.25) is 0 Å². The molecule has 0 unspecified atom stereocenters. The number of nitrogens with zero attached hydrogens (tertiary/aromatic N) is 2. The second-order valence-electron chi connectivity index (χ2n) is 5.54. The van der Waals surface area contributed by atoms with Gasteiger partial charge in [0.2, 0.25) is 0 Å². The standard InChI is InChI=1S/C12H12BrF3N2O2S/c1-11(2,3)9-10(13)18-5-4-7(6-8(18)17-9)21(19,20)12(14,15)16/h4-6H,1-3H3. The number of sulfone groups is 1. The van der Waals surface area contributed by atoms with Gasteiger partial charge in [0.1, 0.15) is 10.3 Å². The van der Waals surface area contributed by atoms with Crippen molar-refractivity contribution < 1.29 is 21.6 Å². The first kappa shape index (κ1) is 16.3. The molecule has 0 aromatic carbocycles. The molecule has 0 aliphatic rings. The molecule has 2 aromatic heterocycles. The maximum Gasteiger partial charge on any atom is 0.501 e. The maximum absolute atomic E-state index is 12.6. The number of alkyl halides is 3. The Balaban J connectivity index is 2.70. The molecule has 0 saturated carbocycles. The van der Waals surface area contributed by atoms with Crippen LogP contribution in [-0.2, 0) is 15.3 Å². The molecule has 0 spiro atoms. The molecule has 0 N–H and O–H groups in total. The molecule has 0 saturated heterocycles. The molecule has 0 aliphatic carbocycles. The molecule has 9 heteroatoms. The molecule has 4 nitrogen and oxygen atoms in total. The van der Waals surface area contributed by atoms with E-state index < -0.39 is 20.2 Å². The van der Waals surface area contributed by atoms with Gasteiger partial charge >= 0.3 is 5.51 Å². The molecule has 2 heterocycles. The number of halogens is 4. The lowest BCUT2D eigenvalue weighted by molar-refractivity contribution is -0.0435. The summed E-state index contributed by atoms with van der Waals surface area (Å²) < 4.78 is 62.6. The summed E-state index contributed by atoms with van der Waals surface area (Å²) in [5.74, 6) is 0. The number of fused-ring (bicyclic) bond motifs is 1. The van der Waals surface area contributed by atoms with Crippen LogP contribution in [0.4, 0.5) is 13.2 Å². The fourth-order valence-corrected chi connectivity index (χ4v) is 3.53. The first-order chi connectivity index (χ1) is 9.35. The topological polar surface area (TPSA) is 51.4 Å². The Hall–Kier alpha value is -1.09. The van der Waals surface area contributed by atoms with E-state index in [9.17, 15) is 21.6 Å². The molecule has 21 heavy (non-hydrogen) atoms. The van der Waals surface area contributed by atoms with E-state index in [1.54, 1.807) is 0 Å². The second kappa shape index (κ2) is 4.70.